The fourth-order valence-electron chi connectivity index (χ4n) is 3.11. The molecule has 2 amide bonds. The van der Waals surface area contributed by atoms with Crippen LogP contribution in [0.15, 0.2) is 36.4 Å². The van der Waals surface area contributed by atoms with Crippen LogP contribution in [0, 0.1) is 0 Å². The molecule has 1 aliphatic rings. The third-order valence-corrected chi connectivity index (χ3v) is 4.08. The van der Waals surface area contributed by atoms with E-state index in [4.69, 9.17) is 0 Å². The second-order valence-electron chi connectivity index (χ2n) is 5.83. The third kappa shape index (κ3) is 2.45. The summed E-state index contributed by atoms with van der Waals surface area (Å²) in [4.78, 5) is 26.3. The smallest absolute Gasteiger partial charge is 0.259 e. The van der Waals surface area contributed by atoms with Gasteiger partial charge in [-0.15, -0.1) is 0 Å². The summed E-state index contributed by atoms with van der Waals surface area (Å²) in [7, 11) is 0. The quantitative estimate of drug-likeness (QED) is 0.921. The highest BCUT2D eigenvalue weighted by Crippen LogP contribution is 2.36. The molecule has 0 aliphatic carbocycles. The van der Waals surface area contributed by atoms with E-state index in [1.165, 1.54) is 0 Å². The van der Waals surface area contributed by atoms with Gasteiger partial charge in [-0.1, -0.05) is 37.6 Å². The Morgan fingerprint density at radius 2 is 1.95 bits per heavy atom. The lowest BCUT2D eigenvalue weighted by Gasteiger charge is -2.19. The largest absolute Gasteiger partial charge is 0.352 e. The van der Waals surface area contributed by atoms with Crippen molar-refractivity contribution in [1.82, 2.24) is 5.32 Å². The molecule has 114 valence electrons. The zero-order valence-electron chi connectivity index (χ0n) is 12.9. The number of nitrogens with zero attached hydrogens (tertiary/aromatic N) is 1. The minimum Gasteiger partial charge on any atom is -0.352 e. The van der Waals surface area contributed by atoms with Crippen molar-refractivity contribution in [2.24, 2.45) is 0 Å². The van der Waals surface area contributed by atoms with Crippen molar-refractivity contribution in [3.63, 3.8) is 0 Å². The van der Waals surface area contributed by atoms with Gasteiger partial charge in [-0.2, -0.15) is 0 Å². The van der Waals surface area contributed by atoms with Crippen molar-refractivity contribution >= 4 is 28.3 Å². The van der Waals surface area contributed by atoms with Crippen LogP contribution in [0.25, 0.3) is 10.8 Å². The van der Waals surface area contributed by atoms with Crippen molar-refractivity contribution in [3.8, 4) is 0 Å². The standard InChI is InChI=1S/C18H20N2O2/c1-3-6-12(2)19-16(21)11-20-15-10-5-8-13-7-4-9-14(17(13)15)18(20)22/h4-5,7-10,12H,3,6,11H2,1-2H3,(H,19,21)/t12-/m0/s1. The second-order valence-corrected chi connectivity index (χ2v) is 5.83. The van der Waals surface area contributed by atoms with Gasteiger partial charge in [-0.05, 0) is 30.9 Å². The third-order valence-electron chi connectivity index (χ3n) is 4.08. The topological polar surface area (TPSA) is 49.4 Å². The minimum absolute atomic E-state index is 0.0701. The Hall–Kier alpha value is -2.36. The van der Waals surface area contributed by atoms with E-state index in [-0.39, 0.29) is 24.4 Å². The summed E-state index contributed by atoms with van der Waals surface area (Å²) < 4.78 is 0. The molecule has 3 rings (SSSR count). The van der Waals surface area contributed by atoms with Gasteiger partial charge >= 0.3 is 0 Å². The molecule has 0 aromatic heterocycles. The Morgan fingerprint density at radius 1 is 1.23 bits per heavy atom. The number of carbonyl (C=O) groups is 2. The van der Waals surface area contributed by atoms with Crippen LogP contribution < -0.4 is 10.2 Å². The van der Waals surface area contributed by atoms with Gasteiger partial charge in [-0.25, -0.2) is 0 Å². The molecule has 22 heavy (non-hydrogen) atoms. The number of rotatable bonds is 5. The Labute approximate surface area is 130 Å². The highest BCUT2D eigenvalue weighted by Gasteiger charge is 2.30. The van der Waals surface area contributed by atoms with Crippen LogP contribution in [-0.2, 0) is 4.79 Å². The predicted molar refractivity (Wildman–Crippen MR) is 88.1 cm³/mol. The first-order valence-electron chi connectivity index (χ1n) is 7.74. The Balaban J connectivity index is 1.84. The molecule has 4 nitrogen and oxygen atoms in total. The number of hydrogen-bond acceptors (Lipinski definition) is 2. The monoisotopic (exact) mass is 296 g/mol. The molecule has 2 aromatic rings. The predicted octanol–water partition coefficient (Wildman–Crippen LogP) is 3.10. The lowest BCUT2D eigenvalue weighted by atomic mass is 10.1. The van der Waals surface area contributed by atoms with Crippen LogP contribution >= 0.6 is 0 Å². The number of carbonyl (C=O) groups excluding carboxylic acids is 2. The van der Waals surface area contributed by atoms with Crippen molar-refractivity contribution < 1.29 is 9.59 Å². The Bertz CT molecular complexity index is 734. The van der Waals surface area contributed by atoms with E-state index < -0.39 is 0 Å². The molecular formula is C18H20N2O2. The molecule has 0 unspecified atom stereocenters. The molecule has 1 heterocycles. The summed E-state index contributed by atoms with van der Waals surface area (Å²) in [6.45, 7) is 4.15. The molecule has 1 aliphatic heterocycles. The van der Waals surface area contributed by atoms with Gasteiger partial charge in [0.1, 0.15) is 6.54 Å². The highest BCUT2D eigenvalue weighted by atomic mass is 16.2. The highest BCUT2D eigenvalue weighted by molar-refractivity contribution is 6.26. The van der Waals surface area contributed by atoms with Crippen molar-refractivity contribution in [2.45, 2.75) is 32.7 Å². The van der Waals surface area contributed by atoms with Gasteiger partial charge in [0, 0.05) is 17.0 Å². The average molecular weight is 296 g/mol. The zero-order valence-corrected chi connectivity index (χ0v) is 12.9. The molecule has 4 heteroatoms. The van der Waals surface area contributed by atoms with Gasteiger partial charge in [0.15, 0.2) is 0 Å². The van der Waals surface area contributed by atoms with Gasteiger partial charge in [0.05, 0.1) is 5.69 Å². The lowest BCUT2D eigenvalue weighted by Crippen LogP contribution is -2.42. The molecule has 0 bridgehead atoms. The minimum atomic E-state index is -0.112. The molecule has 1 N–H and O–H groups in total. The zero-order chi connectivity index (χ0) is 15.7. The normalized spacial score (nSPS) is 14.5. The SMILES string of the molecule is CCC[C@H](C)NC(=O)CN1C(=O)c2cccc3cccc1c23. The van der Waals surface area contributed by atoms with E-state index in [0.29, 0.717) is 5.56 Å². The maximum absolute atomic E-state index is 12.6. The molecule has 0 saturated heterocycles. The van der Waals surface area contributed by atoms with Crippen LogP contribution in [0.4, 0.5) is 5.69 Å². The molecule has 0 fully saturated rings. The average Bonchev–Trinajstić information content (AvgIpc) is 2.76. The van der Waals surface area contributed by atoms with Crippen molar-refractivity contribution in [3.05, 3.63) is 42.0 Å². The maximum atomic E-state index is 12.6. The maximum Gasteiger partial charge on any atom is 0.259 e. The second kappa shape index (κ2) is 5.79. The Kier molecular flexibility index (Phi) is 3.84. The van der Waals surface area contributed by atoms with Crippen LogP contribution in [0.3, 0.4) is 0 Å². The van der Waals surface area contributed by atoms with Crippen LogP contribution in [0.5, 0.6) is 0 Å². The first kappa shape index (κ1) is 14.6. The summed E-state index contributed by atoms with van der Waals surface area (Å²) in [5.74, 6) is -0.204. The Morgan fingerprint density at radius 3 is 2.68 bits per heavy atom. The van der Waals surface area contributed by atoms with Crippen molar-refractivity contribution in [2.75, 3.05) is 11.4 Å². The summed E-state index contributed by atoms with van der Waals surface area (Å²) >= 11 is 0. The van der Waals surface area contributed by atoms with Crippen LogP contribution in [-0.4, -0.2) is 24.4 Å². The number of nitrogens with one attached hydrogen (secondary N) is 1. The number of hydrogen-bond donors (Lipinski definition) is 1. The van der Waals surface area contributed by atoms with Gasteiger partial charge < -0.3 is 5.32 Å². The van der Waals surface area contributed by atoms with E-state index in [2.05, 4.69) is 12.2 Å². The molecule has 0 saturated carbocycles. The first-order chi connectivity index (χ1) is 10.6. The van der Waals surface area contributed by atoms with E-state index in [1.54, 1.807) is 4.90 Å². The van der Waals surface area contributed by atoms with E-state index >= 15 is 0 Å². The van der Waals surface area contributed by atoms with Crippen LogP contribution in [0.1, 0.15) is 37.0 Å². The molecule has 2 aromatic carbocycles. The van der Waals surface area contributed by atoms with Crippen LogP contribution in [0.2, 0.25) is 0 Å². The summed E-state index contributed by atoms with van der Waals surface area (Å²) in [6, 6.07) is 11.6. The lowest BCUT2D eigenvalue weighted by molar-refractivity contribution is -0.120. The fourth-order valence-corrected chi connectivity index (χ4v) is 3.11. The summed E-state index contributed by atoms with van der Waals surface area (Å²) in [5, 5.41) is 4.94. The van der Waals surface area contributed by atoms with Gasteiger partial charge in [0.2, 0.25) is 5.91 Å². The molecule has 0 spiro atoms. The van der Waals surface area contributed by atoms with Crippen molar-refractivity contribution in [1.29, 1.82) is 0 Å². The van der Waals surface area contributed by atoms with E-state index in [1.807, 2.05) is 43.3 Å². The van der Waals surface area contributed by atoms with Gasteiger partial charge in [0.25, 0.3) is 5.91 Å². The molecular weight excluding hydrogens is 276 g/mol. The fraction of sp³-hybridized carbons (Fsp3) is 0.333. The summed E-state index contributed by atoms with van der Waals surface area (Å²) in [5.41, 5.74) is 1.51. The first-order valence-corrected chi connectivity index (χ1v) is 7.74. The number of anilines is 1. The number of benzene rings is 2. The van der Waals surface area contributed by atoms with E-state index in [9.17, 15) is 9.59 Å². The molecule has 0 radical (unpaired) electrons. The van der Waals surface area contributed by atoms with Gasteiger partial charge in [-0.3, -0.25) is 14.5 Å². The van der Waals surface area contributed by atoms with E-state index in [0.717, 1.165) is 29.3 Å². The summed E-state index contributed by atoms with van der Waals surface area (Å²) in [6.07, 6.45) is 1.96. The molecule has 1 atom stereocenters. The number of amides is 2.